The van der Waals surface area contributed by atoms with Gasteiger partial charge in [-0.3, -0.25) is 14.5 Å². The van der Waals surface area contributed by atoms with E-state index in [4.69, 9.17) is 0 Å². The molecule has 2 amide bonds. The fraction of sp³-hybridized carbons (Fsp3) is 0.500. The summed E-state index contributed by atoms with van der Waals surface area (Å²) in [7, 11) is 1.55. The molecule has 2 aliphatic heterocycles. The number of hydrogen-bond acceptors (Lipinski definition) is 4. The van der Waals surface area contributed by atoms with E-state index in [1.165, 1.54) is 11.1 Å². The molecule has 0 saturated carbocycles. The molecule has 0 fully saturated rings. The summed E-state index contributed by atoms with van der Waals surface area (Å²) in [5.74, 6) is -0.329. The van der Waals surface area contributed by atoms with Gasteiger partial charge in [-0.2, -0.15) is 0 Å². The number of aldehydes is 1. The molecular formula is C18H23N3O3. The maximum absolute atomic E-state index is 12.8. The predicted molar refractivity (Wildman–Crippen MR) is 89.3 cm³/mol. The molecule has 6 heteroatoms. The van der Waals surface area contributed by atoms with Gasteiger partial charge in [-0.25, -0.2) is 0 Å². The van der Waals surface area contributed by atoms with Gasteiger partial charge in [0.1, 0.15) is 12.3 Å². The molecule has 1 aromatic rings. The maximum atomic E-state index is 12.8. The topological polar surface area (TPSA) is 69.7 Å². The number of fused-ring (bicyclic) bond motifs is 2. The predicted octanol–water partition coefficient (Wildman–Crippen LogP) is 1.07. The van der Waals surface area contributed by atoms with Gasteiger partial charge < -0.3 is 15.0 Å². The summed E-state index contributed by atoms with van der Waals surface area (Å²) in [5, 5.41) is 2.60. The lowest BCUT2D eigenvalue weighted by atomic mass is 10.0. The quantitative estimate of drug-likeness (QED) is 0.793. The summed E-state index contributed by atoms with van der Waals surface area (Å²) in [6.45, 7) is 5.34. The molecule has 3 rings (SSSR count). The van der Waals surface area contributed by atoms with Crippen molar-refractivity contribution in [1.29, 1.82) is 0 Å². The van der Waals surface area contributed by atoms with Crippen molar-refractivity contribution < 1.29 is 14.4 Å². The second-order valence-corrected chi connectivity index (χ2v) is 6.39. The summed E-state index contributed by atoms with van der Waals surface area (Å²) >= 11 is 0. The number of benzene rings is 1. The molecule has 24 heavy (non-hydrogen) atoms. The zero-order valence-electron chi connectivity index (χ0n) is 14.2. The molecule has 0 saturated heterocycles. The molecule has 0 aliphatic carbocycles. The minimum atomic E-state index is -0.595. The zero-order valence-corrected chi connectivity index (χ0v) is 14.2. The molecule has 0 spiro atoms. The Labute approximate surface area is 141 Å². The standard InChI is InChI=1S/C18H23N3O3/c1-3-20-9-12-7-14-11-21(16(5-4-6-22)17(23)19-2)18(24)15(14)8-13(12)10-20/h6-8,16H,3-5,9-11H2,1-2H3,(H,19,23). The molecule has 128 valence electrons. The highest BCUT2D eigenvalue weighted by Gasteiger charge is 2.37. The summed E-state index contributed by atoms with van der Waals surface area (Å²) < 4.78 is 0. The molecular weight excluding hydrogens is 306 g/mol. The van der Waals surface area contributed by atoms with E-state index in [2.05, 4.69) is 23.2 Å². The van der Waals surface area contributed by atoms with Crippen molar-refractivity contribution in [1.82, 2.24) is 15.1 Å². The lowest BCUT2D eigenvalue weighted by Crippen LogP contribution is -2.46. The first-order valence-corrected chi connectivity index (χ1v) is 8.42. The van der Waals surface area contributed by atoms with Crippen LogP contribution in [0.15, 0.2) is 12.1 Å². The second-order valence-electron chi connectivity index (χ2n) is 6.39. The van der Waals surface area contributed by atoms with Crippen molar-refractivity contribution in [2.24, 2.45) is 0 Å². The Bertz CT molecular complexity index is 686. The van der Waals surface area contributed by atoms with Gasteiger partial charge in [-0.1, -0.05) is 13.0 Å². The van der Waals surface area contributed by atoms with E-state index in [0.717, 1.165) is 31.5 Å². The van der Waals surface area contributed by atoms with Crippen LogP contribution in [-0.2, 0) is 29.2 Å². The molecule has 1 unspecified atom stereocenters. The second kappa shape index (κ2) is 6.73. The largest absolute Gasteiger partial charge is 0.357 e. The van der Waals surface area contributed by atoms with Gasteiger partial charge >= 0.3 is 0 Å². The van der Waals surface area contributed by atoms with Gasteiger partial charge in [0.2, 0.25) is 5.91 Å². The third kappa shape index (κ3) is 2.82. The van der Waals surface area contributed by atoms with Crippen molar-refractivity contribution in [2.75, 3.05) is 13.6 Å². The Morgan fingerprint density at radius 2 is 1.96 bits per heavy atom. The molecule has 2 aliphatic rings. The Morgan fingerprint density at radius 1 is 1.25 bits per heavy atom. The number of nitrogens with one attached hydrogen (secondary N) is 1. The lowest BCUT2D eigenvalue weighted by molar-refractivity contribution is -0.125. The van der Waals surface area contributed by atoms with Crippen molar-refractivity contribution >= 4 is 18.1 Å². The van der Waals surface area contributed by atoms with Gasteiger partial charge in [0, 0.05) is 38.7 Å². The SMILES string of the molecule is CCN1Cc2cc3c(cc2C1)C(=O)N(C(CCC=O)C(=O)NC)C3. The molecule has 0 bridgehead atoms. The van der Waals surface area contributed by atoms with Crippen LogP contribution in [0.5, 0.6) is 0 Å². The van der Waals surface area contributed by atoms with E-state index in [-0.39, 0.29) is 18.2 Å². The first kappa shape index (κ1) is 16.6. The average molecular weight is 329 g/mol. The van der Waals surface area contributed by atoms with Gasteiger partial charge in [0.15, 0.2) is 0 Å². The number of rotatable bonds is 6. The lowest BCUT2D eigenvalue weighted by Gasteiger charge is -2.25. The van der Waals surface area contributed by atoms with E-state index >= 15 is 0 Å². The number of likely N-dealkylation sites (N-methyl/N-ethyl adjacent to an activating group) is 1. The average Bonchev–Trinajstić information content (AvgIpc) is 3.14. The highest BCUT2D eigenvalue weighted by molar-refractivity contribution is 6.01. The molecule has 6 nitrogen and oxygen atoms in total. The number of carbonyl (C=O) groups is 3. The normalized spacial score (nSPS) is 17.6. The third-order valence-corrected chi connectivity index (χ3v) is 4.98. The van der Waals surface area contributed by atoms with Crippen molar-refractivity contribution in [3.8, 4) is 0 Å². The number of hydrogen-bond donors (Lipinski definition) is 1. The highest BCUT2D eigenvalue weighted by Crippen LogP contribution is 2.32. The summed E-state index contributed by atoms with van der Waals surface area (Å²) in [6, 6.07) is 3.50. The van der Waals surface area contributed by atoms with Gasteiger partial charge in [0.25, 0.3) is 5.91 Å². The van der Waals surface area contributed by atoms with Crippen LogP contribution in [0.25, 0.3) is 0 Å². The molecule has 1 aromatic carbocycles. The van der Waals surface area contributed by atoms with E-state index in [0.29, 0.717) is 18.5 Å². The van der Waals surface area contributed by atoms with E-state index < -0.39 is 6.04 Å². The Balaban J connectivity index is 1.85. The fourth-order valence-electron chi connectivity index (χ4n) is 3.61. The minimum Gasteiger partial charge on any atom is -0.357 e. The smallest absolute Gasteiger partial charge is 0.255 e. The zero-order chi connectivity index (χ0) is 17.3. The van der Waals surface area contributed by atoms with Crippen LogP contribution in [-0.4, -0.2) is 47.5 Å². The van der Waals surface area contributed by atoms with Gasteiger partial charge in [-0.15, -0.1) is 0 Å². The van der Waals surface area contributed by atoms with Crippen LogP contribution >= 0.6 is 0 Å². The minimum absolute atomic E-state index is 0.109. The maximum Gasteiger partial charge on any atom is 0.255 e. The summed E-state index contributed by atoms with van der Waals surface area (Å²) in [6.07, 6.45) is 1.41. The van der Waals surface area contributed by atoms with Crippen LogP contribution in [0, 0.1) is 0 Å². The molecule has 1 N–H and O–H groups in total. The third-order valence-electron chi connectivity index (χ3n) is 4.98. The van der Waals surface area contributed by atoms with Crippen LogP contribution < -0.4 is 5.32 Å². The molecule has 2 heterocycles. The van der Waals surface area contributed by atoms with E-state index in [1.54, 1.807) is 11.9 Å². The molecule has 0 aromatic heterocycles. The summed E-state index contributed by atoms with van der Waals surface area (Å²) in [4.78, 5) is 39.6. The van der Waals surface area contributed by atoms with Crippen LogP contribution in [0.3, 0.4) is 0 Å². The monoisotopic (exact) mass is 329 g/mol. The van der Waals surface area contributed by atoms with Crippen LogP contribution in [0.2, 0.25) is 0 Å². The molecule has 0 radical (unpaired) electrons. The highest BCUT2D eigenvalue weighted by atomic mass is 16.2. The molecule has 1 atom stereocenters. The Hall–Kier alpha value is -2.21. The van der Waals surface area contributed by atoms with E-state index in [1.807, 2.05) is 6.07 Å². The van der Waals surface area contributed by atoms with Gasteiger partial charge in [0.05, 0.1) is 0 Å². The fourth-order valence-corrected chi connectivity index (χ4v) is 3.61. The van der Waals surface area contributed by atoms with E-state index in [9.17, 15) is 14.4 Å². The first-order chi connectivity index (χ1) is 11.6. The number of nitrogens with zero attached hydrogens (tertiary/aromatic N) is 2. The van der Waals surface area contributed by atoms with Crippen molar-refractivity contribution in [3.05, 3.63) is 34.4 Å². The van der Waals surface area contributed by atoms with Crippen LogP contribution in [0.1, 0.15) is 46.8 Å². The number of amides is 2. The van der Waals surface area contributed by atoms with Crippen molar-refractivity contribution in [3.63, 3.8) is 0 Å². The summed E-state index contributed by atoms with van der Waals surface area (Å²) in [5.41, 5.74) is 4.16. The number of carbonyl (C=O) groups excluding carboxylic acids is 3. The van der Waals surface area contributed by atoms with Crippen LogP contribution in [0.4, 0.5) is 0 Å². The Morgan fingerprint density at radius 3 is 2.58 bits per heavy atom. The van der Waals surface area contributed by atoms with Gasteiger partial charge in [-0.05, 0) is 35.7 Å². The Kier molecular flexibility index (Phi) is 4.66. The first-order valence-electron chi connectivity index (χ1n) is 8.42. The van der Waals surface area contributed by atoms with Crippen molar-refractivity contribution in [2.45, 2.75) is 45.4 Å².